The molecule has 1 saturated heterocycles. The first-order valence-corrected chi connectivity index (χ1v) is 11.0. The second-order valence-electron chi connectivity index (χ2n) is 9.54. The lowest BCUT2D eigenvalue weighted by Gasteiger charge is -2.60. The van der Waals surface area contributed by atoms with Crippen LogP contribution in [0.25, 0.3) is 0 Å². The van der Waals surface area contributed by atoms with Crippen molar-refractivity contribution in [3.05, 3.63) is 71.0 Å². The molecule has 2 aromatic rings. The number of nitrogens with zero attached hydrogens (tertiary/aromatic N) is 1. The van der Waals surface area contributed by atoms with Gasteiger partial charge in [0.15, 0.2) is 23.0 Å². The van der Waals surface area contributed by atoms with Crippen molar-refractivity contribution in [2.75, 3.05) is 27.8 Å². The van der Waals surface area contributed by atoms with E-state index in [1.807, 2.05) is 6.07 Å². The first-order chi connectivity index (χ1) is 14.9. The van der Waals surface area contributed by atoms with Gasteiger partial charge in [0.05, 0.1) is 27.8 Å². The molecule has 0 spiro atoms. The summed E-state index contributed by atoms with van der Waals surface area (Å²) in [5, 5.41) is 11.2. The number of quaternary nitrogens is 1. The van der Waals surface area contributed by atoms with E-state index in [1.165, 1.54) is 5.56 Å². The maximum Gasteiger partial charge on any atom is 0.197 e. The number of Topliss-reactive ketones (excluding diaryl/α,β-unsaturated/α-hetero) is 1. The van der Waals surface area contributed by atoms with Crippen LogP contribution in [0.3, 0.4) is 0 Å². The van der Waals surface area contributed by atoms with Crippen LogP contribution in [0.2, 0.25) is 0 Å². The third kappa shape index (κ3) is 2.90. The topological polar surface area (TPSA) is 55.8 Å². The second-order valence-corrected chi connectivity index (χ2v) is 9.54. The SMILES string of the molecule is COC1=C[C@H]2[C@@H]3Cc4ccc(OC)c(O)c4[C@@]2(CC[N+]3(C)Cc2ccccc2)CC1=O. The van der Waals surface area contributed by atoms with Gasteiger partial charge in [-0.05, 0) is 17.7 Å². The Morgan fingerprint density at radius 3 is 2.61 bits per heavy atom. The fraction of sp³-hybridized carbons (Fsp3) is 0.423. The molecule has 4 atom stereocenters. The van der Waals surface area contributed by atoms with Gasteiger partial charge in [0.25, 0.3) is 0 Å². The summed E-state index contributed by atoms with van der Waals surface area (Å²) in [5.74, 6) is 1.28. The molecule has 0 saturated carbocycles. The predicted molar refractivity (Wildman–Crippen MR) is 118 cm³/mol. The molecular weight excluding hydrogens is 390 g/mol. The molecule has 0 amide bonds. The Kier molecular flexibility index (Phi) is 4.63. The summed E-state index contributed by atoms with van der Waals surface area (Å²) in [6.07, 6.45) is 4.11. The molecule has 3 aliphatic rings. The fourth-order valence-electron chi connectivity index (χ4n) is 6.49. The highest BCUT2D eigenvalue weighted by atomic mass is 16.5. The van der Waals surface area contributed by atoms with E-state index in [-0.39, 0.29) is 17.5 Å². The van der Waals surface area contributed by atoms with Crippen LogP contribution in [-0.4, -0.2) is 49.2 Å². The zero-order valence-corrected chi connectivity index (χ0v) is 18.4. The van der Waals surface area contributed by atoms with Crippen LogP contribution in [0.4, 0.5) is 0 Å². The molecule has 1 N–H and O–H groups in total. The molecule has 2 aliphatic carbocycles. The number of hydrogen-bond acceptors (Lipinski definition) is 4. The van der Waals surface area contributed by atoms with Gasteiger partial charge < -0.3 is 19.1 Å². The summed E-state index contributed by atoms with van der Waals surface area (Å²) in [6.45, 7) is 1.90. The number of ether oxygens (including phenoxy) is 2. The molecule has 31 heavy (non-hydrogen) atoms. The molecule has 162 valence electrons. The number of aromatic hydroxyl groups is 1. The molecule has 5 heteroatoms. The monoisotopic (exact) mass is 420 g/mol. The summed E-state index contributed by atoms with van der Waals surface area (Å²) < 4.78 is 11.8. The number of fused-ring (bicyclic) bond motifs is 1. The van der Waals surface area contributed by atoms with E-state index in [1.54, 1.807) is 14.2 Å². The van der Waals surface area contributed by atoms with Crippen molar-refractivity contribution in [3.63, 3.8) is 0 Å². The van der Waals surface area contributed by atoms with E-state index in [9.17, 15) is 9.90 Å². The number of piperidine rings is 1. The normalized spacial score (nSPS) is 31.3. The maximum atomic E-state index is 13.0. The minimum atomic E-state index is -0.412. The lowest BCUT2D eigenvalue weighted by Crippen LogP contribution is -2.68. The minimum absolute atomic E-state index is 0.0201. The standard InChI is InChI=1S/C26H29NO4/c1-27(16-17-7-5-4-6-8-17)12-11-26-15-21(28)23(31-3)14-19(26)20(27)13-18-9-10-22(30-2)25(29)24(18)26/h4-10,14,19-20H,11-13,15-16H2,1-3H3/p+1/t19-,20-,26-,27?/m0/s1. The molecular formula is C26H30NO4+. The van der Waals surface area contributed by atoms with Crippen molar-refractivity contribution in [1.29, 1.82) is 0 Å². The van der Waals surface area contributed by atoms with Crippen LogP contribution < -0.4 is 4.74 Å². The van der Waals surface area contributed by atoms with Gasteiger partial charge in [-0.15, -0.1) is 0 Å². The number of ketones is 1. The Morgan fingerprint density at radius 1 is 1.13 bits per heavy atom. The summed E-state index contributed by atoms with van der Waals surface area (Å²) in [7, 11) is 5.49. The molecule has 1 heterocycles. The van der Waals surface area contributed by atoms with Crippen molar-refractivity contribution in [1.82, 2.24) is 0 Å². The molecule has 1 unspecified atom stereocenters. The van der Waals surface area contributed by atoms with Gasteiger partial charge in [-0.2, -0.15) is 0 Å². The third-order valence-corrected chi connectivity index (χ3v) is 7.98. The van der Waals surface area contributed by atoms with Crippen LogP contribution in [0, 0.1) is 5.92 Å². The number of carbonyl (C=O) groups is 1. The summed E-state index contributed by atoms with van der Waals surface area (Å²) in [5.41, 5.74) is 2.96. The number of likely N-dealkylation sites (N-methyl/N-ethyl adjacent to an activating group) is 1. The average molecular weight is 421 g/mol. The Balaban J connectivity index is 1.68. The molecule has 5 nitrogen and oxygen atoms in total. The molecule has 1 fully saturated rings. The van der Waals surface area contributed by atoms with Gasteiger partial charge in [0, 0.05) is 41.7 Å². The number of phenolic OH excluding ortho intramolecular Hbond substituents is 1. The number of allylic oxidation sites excluding steroid dienone is 1. The van der Waals surface area contributed by atoms with Crippen molar-refractivity contribution >= 4 is 5.78 Å². The highest BCUT2D eigenvalue weighted by Gasteiger charge is 2.61. The Bertz CT molecular complexity index is 1060. The quantitative estimate of drug-likeness (QED) is 0.766. The predicted octanol–water partition coefficient (Wildman–Crippen LogP) is 3.73. The minimum Gasteiger partial charge on any atom is -0.504 e. The number of phenols is 1. The van der Waals surface area contributed by atoms with Crippen LogP contribution in [0.5, 0.6) is 11.5 Å². The van der Waals surface area contributed by atoms with Crippen LogP contribution in [0.15, 0.2) is 54.3 Å². The van der Waals surface area contributed by atoms with Gasteiger partial charge in [-0.25, -0.2) is 0 Å². The highest BCUT2D eigenvalue weighted by Crippen LogP contribution is 2.59. The zero-order valence-electron chi connectivity index (χ0n) is 18.4. The lowest BCUT2D eigenvalue weighted by molar-refractivity contribution is -0.956. The van der Waals surface area contributed by atoms with E-state index in [0.29, 0.717) is 24.0 Å². The summed E-state index contributed by atoms with van der Waals surface area (Å²) in [4.78, 5) is 13.0. The Hall–Kier alpha value is -2.79. The molecule has 5 rings (SSSR count). The number of hydrogen-bond donors (Lipinski definition) is 1. The van der Waals surface area contributed by atoms with Crippen molar-refractivity contribution in [2.24, 2.45) is 5.92 Å². The van der Waals surface area contributed by atoms with Gasteiger partial charge in [0.2, 0.25) is 0 Å². The van der Waals surface area contributed by atoms with Gasteiger partial charge >= 0.3 is 0 Å². The number of rotatable bonds is 4. The summed E-state index contributed by atoms with van der Waals surface area (Å²) >= 11 is 0. The lowest BCUT2D eigenvalue weighted by atomic mass is 9.53. The van der Waals surface area contributed by atoms with E-state index < -0.39 is 5.41 Å². The van der Waals surface area contributed by atoms with Crippen LogP contribution in [0.1, 0.15) is 29.5 Å². The Labute approximate surface area is 183 Å². The average Bonchev–Trinajstić information content (AvgIpc) is 2.76. The van der Waals surface area contributed by atoms with Crippen molar-refractivity contribution in [3.8, 4) is 11.5 Å². The highest BCUT2D eigenvalue weighted by molar-refractivity contribution is 5.96. The number of carbonyl (C=O) groups excluding carboxylic acids is 1. The number of likely N-dealkylation sites (tertiary alicyclic amines) is 1. The molecule has 0 radical (unpaired) electrons. The molecule has 2 aromatic carbocycles. The van der Waals surface area contributed by atoms with Crippen molar-refractivity contribution in [2.45, 2.75) is 37.3 Å². The number of benzene rings is 2. The zero-order chi connectivity index (χ0) is 21.8. The van der Waals surface area contributed by atoms with E-state index >= 15 is 0 Å². The first-order valence-electron chi connectivity index (χ1n) is 11.0. The van der Waals surface area contributed by atoms with Crippen LogP contribution >= 0.6 is 0 Å². The van der Waals surface area contributed by atoms with Crippen LogP contribution in [-0.2, 0) is 27.9 Å². The van der Waals surface area contributed by atoms with Crippen molar-refractivity contribution < 1.29 is 23.9 Å². The third-order valence-electron chi connectivity index (χ3n) is 7.98. The van der Waals surface area contributed by atoms with E-state index in [4.69, 9.17) is 9.47 Å². The fourth-order valence-corrected chi connectivity index (χ4v) is 6.49. The smallest absolute Gasteiger partial charge is 0.197 e. The molecule has 2 bridgehead atoms. The van der Waals surface area contributed by atoms with E-state index in [2.05, 4.69) is 49.5 Å². The largest absolute Gasteiger partial charge is 0.504 e. The van der Waals surface area contributed by atoms with E-state index in [0.717, 1.165) is 41.5 Å². The Morgan fingerprint density at radius 2 is 1.90 bits per heavy atom. The maximum absolute atomic E-state index is 13.0. The molecule has 1 aliphatic heterocycles. The van der Waals surface area contributed by atoms with Gasteiger partial charge in [-0.1, -0.05) is 36.4 Å². The summed E-state index contributed by atoms with van der Waals surface area (Å²) in [6, 6.07) is 14.9. The second kappa shape index (κ2) is 7.13. The van der Waals surface area contributed by atoms with Gasteiger partial charge in [-0.3, -0.25) is 4.79 Å². The molecule has 0 aromatic heterocycles. The first kappa shape index (κ1) is 20.1. The van der Waals surface area contributed by atoms with Gasteiger partial charge in [0.1, 0.15) is 12.6 Å². The number of methoxy groups -OCH3 is 2.